The summed E-state index contributed by atoms with van der Waals surface area (Å²) >= 11 is 10.2. The van der Waals surface area contributed by atoms with Crippen LogP contribution in [0.5, 0.6) is 0 Å². The van der Waals surface area contributed by atoms with Crippen LogP contribution in [0.1, 0.15) is 17.4 Å². The summed E-state index contributed by atoms with van der Waals surface area (Å²) in [6.45, 7) is 0. The lowest BCUT2D eigenvalue weighted by atomic mass is 10.1. The van der Waals surface area contributed by atoms with Gasteiger partial charge in [0.2, 0.25) is 0 Å². The van der Waals surface area contributed by atoms with Crippen molar-refractivity contribution in [3.05, 3.63) is 49.1 Å². The average molecular weight is 425 g/mol. The standard InChI is InChI=1S/C11H9Br3N2O/c1-16-10(9(14)5-15-16)11(17)6-2-7(12)4-8(13)3-6/h2-5,11,17H,1H3. The molecule has 0 aliphatic rings. The Balaban J connectivity index is 2.47. The van der Waals surface area contributed by atoms with Gasteiger partial charge in [0.1, 0.15) is 6.10 Å². The van der Waals surface area contributed by atoms with Gasteiger partial charge in [-0.05, 0) is 39.7 Å². The molecule has 0 saturated heterocycles. The molecule has 90 valence electrons. The van der Waals surface area contributed by atoms with Crippen LogP contribution in [-0.4, -0.2) is 14.9 Å². The summed E-state index contributed by atoms with van der Waals surface area (Å²) < 4.78 is 4.28. The normalized spacial score (nSPS) is 12.8. The van der Waals surface area contributed by atoms with Crippen LogP contribution in [0.3, 0.4) is 0 Å². The Morgan fingerprint density at radius 3 is 2.24 bits per heavy atom. The van der Waals surface area contributed by atoms with Crippen molar-refractivity contribution in [3.63, 3.8) is 0 Å². The van der Waals surface area contributed by atoms with Gasteiger partial charge in [-0.15, -0.1) is 0 Å². The Morgan fingerprint density at radius 1 is 1.18 bits per heavy atom. The van der Waals surface area contributed by atoms with Gasteiger partial charge in [-0.3, -0.25) is 4.68 Å². The van der Waals surface area contributed by atoms with Crippen LogP contribution in [-0.2, 0) is 7.05 Å². The first kappa shape index (κ1) is 13.3. The van der Waals surface area contributed by atoms with Gasteiger partial charge in [0.05, 0.1) is 16.4 Å². The van der Waals surface area contributed by atoms with Gasteiger partial charge in [-0.2, -0.15) is 5.10 Å². The van der Waals surface area contributed by atoms with Gasteiger partial charge in [0.25, 0.3) is 0 Å². The van der Waals surface area contributed by atoms with Crippen molar-refractivity contribution >= 4 is 47.8 Å². The van der Waals surface area contributed by atoms with Gasteiger partial charge in [0, 0.05) is 16.0 Å². The van der Waals surface area contributed by atoms with Gasteiger partial charge in [-0.25, -0.2) is 0 Å². The van der Waals surface area contributed by atoms with Crippen molar-refractivity contribution < 1.29 is 5.11 Å². The first-order chi connectivity index (χ1) is 7.99. The van der Waals surface area contributed by atoms with Gasteiger partial charge in [0.15, 0.2) is 0 Å². The molecule has 0 fully saturated rings. The van der Waals surface area contributed by atoms with E-state index in [1.807, 2.05) is 18.2 Å². The van der Waals surface area contributed by atoms with Gasteiger partial charge >= 0.3 is 0 Å². The maximum Gasteiger partial charge on any atom is 0.122 e. The van der Waals surface area contributed by atoms with E-state index in [2.05, 4.69) is 52.9 Å². The molecule has 0 aliphatic carbocycles. The van der Waals surface area contributed by atoms with Crippen molar-refractivity contribution in [2.45, 2.75) is 6.10 Å². The van der Waals surface area contributed by atoms with E-state index < -0.39 is 6.10 Å². The average Bonchev–Trinajstić information content (AvgIpc) is 2.56. The second-order valence-corrected chi connectivity index (χ2v) is 6.29. The van der Waals surface area contributed by atoms with E-state index >= 15 is 0 Å². The minimum atomic E-state index is -0.717. The largest absolute Gasteiger partial charge is 0.382 e. The molecule has 0 bridgehead atoms. The van der Waals surface area contributed by atoms with E-state index in [0.717, 1.165) is 24.7 Å². The molecule has 2 aromatic rings. The predicted octanol–water partition coefficient (Wildman–Crippen LogP) is 3.79. The van der Waals surface area contributed by atoms with Crippen LogP contribution < -0.4 is 0 Å². The van der Waals surface area contributed by atoms with Crippen molar-refractivity contribution in [1.82, 2.24) is 9.78 Å². The smallest absolute Gasteiger partial charge is 0.122 e. The third-order valence-corrected chi connectivity index (χ3v) is 3.92. The summed E-state index contributed by atoms with van der Waals surface area (Å²) in [5.41, 5.74) is 1.53. The second-order valence-electron chi connectivity index (χ2n) is 3.61. The highest BCUT2D eigenvalue weighted by atomic mass is 79.9. The van der Waals surface area contributed by atoms with Crippen molar-refractivity contribution in [1.29, 1.82) is 0 Å². The molecule has 0 aliphatic heterocycles. The molecule has 17 heavy (non-hydrogen) atoms. The number of aromatic nitrogens is 2. The lowest BCUT2D eigenvalue weighted by molar-refractivity contribution is 0.209. The maximum absolute atomic E-state index is 10.4. The van der Waals surface area contributed by atoms with Crippen LogP contribution >= 0.6 is 47.8 Å². The Kier molecular flexibility index (Phi) is 4.07. The molecule has 0 radical (unpaired) electrons. The summed E-state index contributed by atoms with van der Waals surface area (Å²) in [7, 11) is 1.80. The number of halogens is 3. The van der Waals surface area contributed by atoms with E-state index in [9.17, 15) is 5.11 Å². The molecule has 1 aromatic carbocycles. The van der Waals surface area contributed by atoms with Crippen molar-refractivity contribution in [2.75, 3.05) is 0 Å². The number of benzene rings is 1. The fraction of sp³-hybridized carbons (Fsp3) is 0.182. The molecule has 6 heteroatoms. The number of aliphatic hydroxyl groups excluding tert-OH is 1. The first-order valence-corrected chi connectivity index (χ1v) is 7.18. The number of hydrogen-bond donors (Lipinski definition) is 1. The predicted molar refractivity (Wildman–Crippen MR) is 76.8 cm³/mol. The highest BCUT2D eigenvalue weighted by Gasteiger charge is 2.18. The van der Waals surface area contributed by atoms with Crippen LogP contribution in [0.25, 0.3) is 0 Å². The van der Waals surface area contributed by atoms with E-state index in [-0.39, 0.29) is 0 Å². The molecule has 1 N–H and O–H groups in total. The number of hydrogen-bond acceptors (Lipinski definition) is 2. The van der Waals surface area contributed by atoms with Crippen LogP contribution in [0.15, 0.2) is 37.8 Å². The fourth-order valence-corrected chi connectivity index (χ4v) is 3.51. The maximum atomic E-state index is 10.4. The monoisotopic (exact) mass is 422 g/mol. The Hall–Kier alpha value is -0.170. The van der Waals surface area contributed by atoms with Crippen molar-refractivity contribution in [2.24, 2.45) is 7.05 Å². The number of aryl methyl sites for hydroxylation is 1. The molecule has 2 rings (SSSR count). The molecule has 1 unspecified atom stereocenters. The first-order valence-electron chi connectivity index (χ1n) is 4.80. The van der Waals surface area contributed by atoms with Crippen molar-refractivity contribution in [3.8, 4) is 0 Å². The Labute approximate surface area is 124 Å². The Morgan fingerprint density at radius 2 is 1.76 bits per heavy atom. The summed E-state index contributed by atoms with van der Waals surface area (Å²) in [6.07, 6.45) is 0.955. The molecular weight excluding hydrogens is 416 g/mol. The molecular formula is C11H9Br3N2O. The summed E-state index contributed by atoms with van der Waals surface area (Å²) in [4.78, 5) is 0. The molecule has 0 amide bonds. The molecule has 1 atom stereocenters. The zero-order chi connectivity index (χ0) is 12.6. The summed E-state index contributed by atoms with van der Waals surface area (Å²) in [6, 6.07) is 5.69. The van der Waals surface area contributed by atoms with E-state index in [4.69, 9.17) is 0 Å². The minimum Gasteiger partial charge on any atom is -0.382 e. The van der Waals surface area contributed by atoms with Crippen LogP contribution in [0, 0.1) is 0 Å². The molecule has 1 heterocycles. The quantitative estimate of drug-likeness (QED) is 0.796. The minimum absolute atomic E-state index is 0.717. The van der Waals surface area contributed by atoms with E-state index in [0.29, 0.717) is 0 Å². The number of nitrogens with zero attached hydrogens (tertiary/aromatic N) is 2. The molecule has 3 nitrogen and oxygen atoms in total. The number of aliphatic hydroxyl groups is 1. The van der Waals surface area contributed by atoms with Crippen LogP contribution in [0.2, 0.25) is 0 Å². The number of rotatable bonds is 2. The lowest BCUT2D eigenvalue weighted by Gasteiger charge is -2.13. The SMILES string of the molecule is Cn1ncc(Br)c1C(O)c1cc(Br)cc(Br)c1. The molecule has 0 saturated carbocycles. The summed E-state index contributed by atoms with van der Waals surface area (Å²) in [5, 5.41) is 14.5. The van der Waals surface area contributed by atoms with E-state index in [1.54, 1.807) is 17.9 Å². The highest BCUT2D eigenvalue weighted by molar-refractivity contribution is 9.11. The van der Waals surface area contributed by atoms with Gasteiger partial charge < -0.3 is 5.11 Å². The third-order valence-electron chi connectivity index (χ3n) is 2.40. The zero-order valence-electron chi connectivity index (χ0n) is 8.86. The van der Waals surface area contributed by atoms with E-state index in [1.165, 1.54) is 0 Å². The highest BCUT2D eigenvalue weighted by Crippen LogP contribution is 2.31. The zero-order valence-corrected chi connectivity index (χ0v) is 13.6. The molecule has 0 spiro atoms. The molecule has 1 aromatic heterocycles. The van der Waals surface area contributed by atoms with Gasteiger partial charge in [-0.1, -0.05) is 31.9 Å². The van der Waals surface area contributed by atoms with Crippen LogP contribution in [0.4, 0.5) is 0 Å². The Bertz CT molecular complexity index is 514. The fourth-order valence-electron chi connectivity index (χ4n) is 1.62. The second kappa shape index (κ2) is 5.22. The topological polar surface area (TPSA) is 38.0 Å². The lowest BCUT2D eigenvalue weighted by Crippen LogP contribution is -2.07. The third kappa shape index (κ3) is 2.81. The summed E-state index contributed by atoms with van der Waals surface area (Å²) in [5.74, 6) is 0.